The molecule has 2 heterocycles. The molecular weight excluding hydrogens is 531 g/mol. The van der Waals surface area contributed by atoms with Gasteiger partial charge in [-0.15, -0.1) is 0 Å². The Hall–Kier alpha value is -1.46. The molecule has 0 spiro atoms. The third-order valence-electron chi connectivity index (χ3n) is 4.08. The van der Waals surface area contributed by atoms with Crippen LogP contribution in [0.3, 0.4) is 0 Å². The molecule has 6 unspecified atom stereocenters. The summed E-state index contributed by atoms with van der Waals surface area (Å²) in [4.78, 5) is 71.8. The number of hydrogen-bond donors (Lipinski definition) is 6. The number of H-pyrrole nitrogens is 1. The zero-order valence-electron chi connectivity index (χ0n) is 15.7. The molecule has 1 saturated heterocycles. The van der Waals surface area contributed by atoms with Gasteiger partial charge in [-0.05, 0) is 0 Å². The number of aliphatic hydroxyl groups excluding tert-OH is 1. The molecule has 6 atom stereocenters. The van der Waals surface area contributed by atoms with E-state index in [-0.39, 0.29) is 6.29 Å². The molecule has 17 nitrogen and oxygen atoms in total. The Bertz CT molecular complexity index is 1170. The largest absolute Gasteiger partial charge is 0.490 e. The van der Waals surface area contributed by atoms with Crippen molar-refractivity contribution < 1.29 is 69.8 Å². The van der Waals surface area contributed by atoms with E-state index >= 15 is 4.39 Å². The van der Waals surface area contributed by atoms with Crippen LogP contribution in [0, 0.1) is 5.41 Å². The molecule has 0 radical (unpaired) electrons. The van der Waals surface area contributed by atoms with Crippen LogP contribution in [0.15, 0.2) is 21.9 Å². The highest BCUT2D eigenvalue weighted by Crippen LogP contribution is 2.66. The quantitative estimate of drug-likeness (QED) is 0.145. The zero-order chi connectivity index (χ0) is 25.5. The van der Waals surface area contributed by atoms with Gasteiger partial charge in [0.05, 0.1) is 0 Å². The standard InChI is InChI=1S/C11H15F2N2O15P3/c12-3-10(4-16)7(18)11(13,28-8(10)15-2-1-6(17)14-9(15)19)5-27-32(23,24)30-33(25,26)29-31(20,21)22/h1-2,4,7-8,18H,3,5H2,(H,23,24)(H,25,26)(H,14,17,19)(H2,20,21,22). The van der Waals surface area contributed by atoms with Crippen molar-refractivity contribution >= 4 is 29.8 Å². The van der Waals surface area contributed by atoms with Crippen LogP contribution in [0.1, 0.15) is 6.23 Å². The topological polar surface area (TPSA) is 261 Å². The number of ether oxygens (including phenoxy) is 1. The molecule has 2 rings (SSSR count). The molecule has 0 bridgehead atoms. The van der Waals surface area contributed by atoms with Crippen molar-refractivity contribution in [1.82, 2.24) is 9.55 Å². The molecule has 0 aliphatic carbocycles. The van der Waals surface area contributed by atoms with Crippen LogP contribution in [0.5, 0.6) is 0 Å². The lowest BCUT2D eigenvalue weighted by Crippen LogP contribution is -2.49. The first-order chi connectivity index (χ1) is 14.9. The maximum absolute atomic E-state index is 15.3. The smallest absolute Gasteiger partial charge is 0.386 e. The number of carbonyl (C=O) groups is 1. The lowest BCUT2D eigenvalue weighted by atomic mass is 9.82. The molecule has 1 aromatic heterocycles. The van der Waals surface area contributed by atoms with E-state index in [1.807, 2.05) is 0 Å². The van der Waals surface area contributed by atoms with Crippen molar-refractivity contribution in [3.8, 4) is 0 Å². The fraction of sp³-hybridized carbons (Fsp3) is 0.545. The van der Waals surface area contributed by atoms with Crippen molar-refractivity contribution in [2.24, 2.45) is 5.41 Å². The number of aliphatic hydroxyl groups is 1. The highest BCUT2D eigenvalue weighted by atomic mass is 31.3. The van der Waals surface area contributed by atoms with Gasteiger partial charge in [0.15, 0.2) is 6.23 Å². The van der Waals surface area contributed by atoms with E-state index in [1.165, 1.54) is 0 Å². The van der Waals surface area contributed by atoms with Crippen molar-refractivity contribution in [2.45, 2.75) is 18.2 Å². The summed E-state index contributed by atoms with van der Waals surface area (Å²) in [6.45, 7) is -3.77. The van der Waals surface area contributed by atoms with E-state index in [1.54, 1.807) is 4.98 Å². The number of alkyl halides is 2. The molecule has 0 aromatic carbocycles. The van der Waals surface area contributed by atoms with Gasteiger partial charge >= 0.3 is 29.2 Å². The Labute approximate surface area is 180 Å². The first-order valence-electron chi connectivity index (χ1n) is 8.07. The highest BCUT2D eigenvalue weighted by molar-refractivity contribution is 7.66. The lowest BCUT2D eigenvalue weighted by molar-refractivity contribution is -0.204. The minimum absolute atomic E-state index is 0.313. The first kappa shape index (κ1) is 27.8. The SMILES string of the molecule is O=CC1(CF)C(n2ccc(=O)[nH]c2=O)OC(F)(COP(=O)(O)OP(=O)(O)OP(=O)(O)O)C1O. The van der Waals surface area contributed by atoms with Crippen LogP contribution in [0.2, 0.25) is 0 Å². The van der Waals surface area contributed by atoms with Crippen LogP contribution >= 0.6 is 23.5 Å². The molecule has 1 fully saturated rings. The molecule has 1 aliphatic heterocycles. The summed E-state index contributed by atoms with van der Waals surface area (Å²) in [5, 5.41) is 10.2. The second-order valence-corrected chi connectivity index (χ2v) is 10.8. The maximum atomic E-state index is 15.3. The summed E-state index contributed by atoms with van der Waals surface area (Å²) in [5.41, 5.74) is -5.11. The van der Waals surface area contributed by atoms with Crippen LogP contribution in [0.25, 0.3) is 0 Å². The molecule has 1 aromatic rings. The van der Waals surface area contributed by atoms with Crippen molar-refractivity contribution in [1.29, 1.82) is 0 Å². The van der Waals surface area contributed by atoms with Gasteiger partial charge in [0.1, 0.15) is 31.1 Å². The number of aromatic amines is 1. The fourth-order valence-electron chi connectivity index (χ4n) is 2.70. The van der Waals surface area contributed by atoms with E-state index in [4.69, 9.17) is 19.4 Å². The maximum Gasteiger partial charge on any atom is 0.490 e. The Morgan fingerprint density at radius 3 is 2.27 bits per heavy atom. The molecule has 0 saturated carbocycles. The Kier molecular flexibility index (Phi) is 7.83. The van der Waals surface area contributed by atoms with E-state index in [9.17, 15) is 42.5 Å². The van der Waals surface area contributed by atoms with E-state index in [2.05, 4.69) is 13.1 Å². The predicted molar refractivity (Wildman–Crippen MR) is 95.6 cm³/mol. The summed E-state index contributed by atoms with van der Waals surface area (Å²) >= 11 is 0. The summed E-state index contributed by atoms with van der Waals surface area (Å²) in [6, 6.07) is 0.704. The number of rotatable bonds is 10. The average molecular weight is 546 g/mol. The predicted octanol–water partition coefficient (Wildman–Crippen LogP) is -1.41. The summed E-state index contributed by atoms with van der Waals surface area (Å²) in [6.07, 6.45) is -4.75. The summed E-state index contributed by atoms with van der Waals surface area (Å²) in [5.74, 6) is -3.75. The number of aldehydes is 1. The number of phosphoric acid groups is 3. The van der Waals surface area contributed by atoms with Gasteiger partial charge in [-0.25, -0.2) is 27.3 Å². The van der Waals surface area contributed by atoms with Gasteiger partial charge in [0, 0.05) is 12.3 Å². The number of halogens is 2. The van der Waals surface area contributed by atoms with E-state index in [0.717, 1.165) is 0 Å². The molecular formula is C11H15F2N2O15P3. The van der Waals surface area contributed by atoms with Crippen LogP contribution in [-0.4, -0.2) is 65.8 Å². The van der Waals surface area contributed by atoms with Gasteiger partial charge in [0.25, 0.3) is 11.4 Å². The third-order valence-corrected chi connectivity index (χ3v) is 7.86. The van der Waals surface area contributed by atoms with E-state index < -0.39 is 71.6 Å². The number of nitrogens with one attached hydrogen (secondary N) is 1. The normalized spacial score (nSPS) is 31.6. The average Bonchev–Trinajstić information content (AvgIpc) is 2.86. The zero-order valence-corrected chi connectivity index (χ0v) is 18.3. The fourth-order valence-corrected chi connectivity index (χ4v) is 5.74. The molecule has 33 heavy (non-hydrogen) atoms. The lowest BCUT2D eigenvalue weighted by Gasteiger charge is -2.28. The van der Waals surface area contributed by atoms with Crippen LogP contribution < -0.4 is 11.2 Å². The minimum atomic E-state index is -5.96. The molecule has 188 valence electrons. The summed E-state index contributed by atoms with van der Waals surface area (Å²) in [7, 11) is -17.6. The number of nitrogens with zero attached hydrogens (tertiary/aromatic N) is 1. The summed E-state index contributed by atoms with van der Waals surface area (Å²) < 4.78 is 78.6. The molecule has 22 heteroatoms. The first-order valence-corrected chi connectivity index (χ1v) is 12.6. The monoisotopic (exact) mass is 546 g/mol. The molecule has 6 N–H and O–H groups in total. The number of carbonyl (C=O) groups excluding carboxylic acids is 1. The number of phosphoric ester groups is 1. The molecule has 1 aliphatic rings. The van der Waals surface area contributed by atoms with Gasteiger partial charge in [-0.1, -0.05) is 0 Å². The van der Waals surface area contributed by atoms with Crippen molar-refractivity contribution in [3.63, 3.8) is 0 Å². The van der Waals surface area contributed by atoms with Crippen LogP contribution in [-0.2, 0) is 36.4 Å². The third kappa shape index (κ3) is 6.16. The van der Waals surface area contributed by atoms with Crippen molar-refractivity contribution in [3.05, 3.63) is 33.1 Å². The number of aromatic nitrogens is 2. The molecule has 0 amide bonds. The second kappa shape index (κ2) is 9.30. The van der Waals surface area contributed by atoms with Gasteiger partial charge in [-0.2, -0.15) is 8.62 Å². The Balaban J connectivity index is 2.33. The van der Waals surface area contributed by atoms with Gasteiger partial charge in [-0.3, -0.25) is 18.9 Å². The van der Waals surface area contributed by atoms with E-state index in [0.29, 0.717) is 16.8 Å². The second-order valence-electron chi connectivity index (χ2n) is 6.40. The Morgan fingerprint density at radius 2 is 1.79 bits per heavy atom. The Morgan fingerprint density at radius 1 is 1.18 bits per heavy atom. The number of hydrogen-bond acceptors (Lipinski definition) is 11. The van der Waals surface area contributed by atoms with Crippen LogP contribution in [0.4, 0.5) is 8.78 Å². The van der Waals surface area contributed by atoms with Crippen molar-refractivity contribution in [2.75, 3.05) is 13.3 Å². The van der Waals surface area contributed by atoms with Gasteiger partial charge < -0.3 is 34.2 Å². The van der Waals surface area contributed by atoms with Gasteiger partial charge in [0.2, 0.25) is 0 Å². The minimum Gasteiger partial charge on any atom is -0.386 e. The highest BCUT2D eigenvalue weighted by Gasteiger charge is 2.67.